The van der Waals surface area contributed by atoms with E-state index in [-0.39, 0.29) is 17.9 Å². The predicted octanol–water partition coefficient (Wildman–Crippen LogP) is 4.72. The van der Waals surface area contributed by atoms with Crippen molar-refractivity contribution in [2.24, 2.45) is 0 Å². The number of anilines is 1. The fourth-order valence-electron chi connectivity index (χ4n) is 4.02. The molecule has 4 rings (SSSR count). The molecule has 1 aliphatic carbocycles. The lowest BCUT2D eigenvalue weighted by Crippen LogP contribution is -2.40. The number of hydrogen-bond acceptors (Lipinski definition) is 4. The first kappa shape index (κ1) is 18.2. The number of benzene rings is 1. The summed E-state index contributed by atoms with van der Waals surface area (Å²) in [4.78, 5) is 30.2. The van der Waals surface area contributed by atoms with Crippen molar-refractivity contribution in [1.82, 2.24) is 4.90 Å². The highest BCUT2D eigenvalue weighted by atomic mass is 79.9. The van der Waals surface area contributed by atoms with Crippen LogP contribution in [0.3, 0.4) is 0 Å². The lowest BCUT2D eigenvalue weighted by molar-refractivity contribution is -0.124. The Labute approximate surface area is 171 Å². The number of likely N-dealkylation sites (N-methyl/N-ethyl adjacent to an activating group) is 1. The minimum absolute atomic E-state index is 0.0980. The number of nitrogens with zero attached hydrogens (tertiary/aromatic N) is 2. The van der Waals surface area contributed by atoms with Gasteiger partial charge in [0, 0.05) is 22.6 Å². The van der Waals surface area contributed by atoms with E-state index in [9.17, 15) is 9.59 Å². The minimum Gasteiger partial charge on any atom is -0.308 e. The van der Waals surface area contributed by atoms with Gasteiger partial charge in [0.25, 0.3) is 11.8 Å². The van der Waals surface area contributed by atoms with E-state index in [0.29, 0.717) is 21.3 Å². The Balaban J connectivity index is 1.79. The zero-order valence-electron chi connectivity index (χ0n) is 14.5. The summed E-state index contributed by atoms with van der Waals surface area (Å²) in [5, 5.41) is 0. The Morgan fingerprint density at radius 1 is 1.19 bits per heavy atom. The molecule has 0 aromatic heterocycles. The van der Waals surface area contributed by atoms with Crippen molar-refractivity contribution in [1.29, 1.82) is 0 Å². The van der Waals surface area contributed by atoms with Crippen molar-refractivity contribution < 1.29 is 9.59 Å². The van der Waals surface area contributed by atoms with Gasteiger partial charge in [0.2, 0.25) is 0 Å². The molecular formula is C19H19BrN2O2S2. The maximum atomic E-state index is 13.2. The van der Waals surface area contributed by atoms with Gasteiger partial charge in [-0.1, -0.05) is 59.2 Å². The quantitative estimate of drug-likeness (QED) is 0.482. The Kier molecular flexibility index (Phi) is 4.96. The molecule has 7 heteroatoms. The number of amides is 2. The second-order valence-corrected chi connectivity index (χ2v) is 9.31. The first-order valence-electron chi connectivity index (χ1n) is 8.94. The summed E-state index contributed by atoms with van der Waals surface area (Å²) in [6, 6.07) is 5.95. The van der Waals surface area contributed by atoms with Crippen LogP contribution >= 0.6 is 39.9 Å². The molecule has 0 spiro atoms. The molecule has 0 bridgehead atoms. The molecule has 1 saturated heterocycles. The number of fused-ring (bicyclic) bond motifs is 1. The van der Waals surface area contributed by atoms with Crippen LogP contribution < -0.4 is 4.90 Å². The van der Waals surface area contributed by atoms with Crippen molar-refractivity contribution in [2.75, 3.05) is 11.4 Å². The summed E-state index contributed by atoms with van der Waals surface area (Å²) in [6.45, 7) is 2.51. The summed E-state index contributed by atoms with van der Waals surface area (Å²) in [7, 11) is 0. The van der Waals surface area contributed by atoms with Crippen LogP contribution in [-0.2, 0) is 9.59 Å². The maximum Gasteiger partial charge on any atom is 0.267 e. The van der Waals surface area contributed by atoms with E-state index in [4.69, 9.17) is 12.2 Å². The van der Waals surface area contributed by atoms with E-state index in [0.717, 1.165) is 41.4 Å². The zero-order valence-corrected chi connectivity index (χ0v) is 17.7. The van der Waals surface area contributed by atoms with Gasteiger partial charge in [-0.2, -0.15) is 0 Å². The SMILES string of the molecule is CCN1C(=O)/C(=C2/SC(=S)N(C3CCCCC3)C2=O)c2cc(Br)ccc21. The number of hydrogen-bond donors (Lipinski definition) is 0. The highest BCUT2D eigenvalue weighted by Crippen LogP contribution is 2.46. The second kappa shape index (κ2) is 7.09. The van der Waals surface area contributed by atoms with Crippen molar-refractivity contribution in [3.8, 4) is 0 Å². The van der Waals surface area contributed by atoms with Crippen LogP contribution in [0.25, 0.3) is 5.57 Å². The van der Waals surface area contributed by atoms with Crippen LogP contribution in [-0.4, -0.2) is 33.6 Å². The average molecular weight is 451 g/mol. The third-order valence-electron chi connectivity index (χ3n) is 5.26. The van der Waals surface area contributed by atoms with E-state index >= 15 is 0 Å². The normalized spacial score (nSPS) is 24.0. The molecule has 0 unspecified atom stereocenters. The Bertz CT molecular complexity index is 846. The van der Waals surface area contributed by atoms with Gasteiger partial charge in [-0.3, -0.25) is 14.5 Å². The van der Waals surface area contributed by atoms with E-state index in [2.05, 4.69) is 15.9 Å². The zero-order chi connectivity index (χ0) is 18.4. The van der Waals surface area contributed by atoms with Crippen molar-refractivity contribution in [3.05, 3.63) is 33.1 Å². The van der Waals surface area contributed by atoms with Gasteiger partial charge in [-0.15, -0.1) is 0 Å². The Morgan fingerprint density at radius 3 is 2.62 bits per heavy atom. The molecule has 2 fully saturated rings. The second-order valence-electron chi connectivity index (χ2n) is 6.75. The average Bonchev–Trinajstić information content (AvgIpc) is 3.07. The van der Waals surface area contributed by atoms with Crippen LogP contribution in [0.1, 0.15) is 44.6 Å². The smallest absolute Gasteiger partial charge is 0.267 e. The summed E-state index contributed by atoms with van der Waals surface area (Å²) in [5.74, 6) is -0.205. The van der Waals surface area contributed by atoms with E-state index < -0.39 is 0 Å². The third kappa shape index (κ3) is 2.84. The third-order valence-corrected chi connectivity index (χ3v) is 7.15. The van der Waals surface area contributed by atoms with Crippen molar-refractivity contribution in [3.63, 3.8) is 0 Å². The number of carbonyl (C=O) groups excluding carboxylic acids is 2. The first-order chi connectivity index (χ1) is 12.5. The molecule has 2 amide bonds. The lowest BCUT2D eigenvalue weighted by atomic mass is 9.94. The van der Waals surface area contributed by atoms with Gasteiger partial charge in [0.15, 0.2) is 0 Å². The number of halogens is 1. The van der Waals surface area contributed by atoms with Crippen molar-refractivity contribution in [2.45, 2.75) is 45.1 Å². The standard InChI is InChI=1S/C19H19BrN2O2S2/c1-2-21-14-9-8-11(20)10-13(14)15(17(21)23)16-18(24)22(19(25)26-16)12-6-4-3-5-7-12/h8-10,12H,2-7H2,1H3/b16-15+. The topological polar surface area (TPSA) is 40.6 Å². The molecule has 4 nitrogen and oxygen atoms in total. The summed E-state index contributed by atoms with van der Waals surface area (Å²) >= 11 is 10.3. The molecule has 3 aliphatic rings. The van der Waals surface area contributed by atoms with E-state index in [1.807, 2.05) is 25.1 Å². The van der Waals surface area contributed by atoms with Crippen LogP contribution in [0.4, 0.5) is 5.69 Å². The molecule has 2 heterocycles. The van der Waals surface area contributed by atoms with Crippen LogP contribution in [0.15, 0.2) is 27.6 Å². The molecule has 136 valence electrons. The molecular weight excluding hydrogens is 432 g/mol. The van der Waals surface area contributed by atoms with Crippen LogP contribution in [0.5, 0.6) is 0 Å². The first-order valence-corrected chi connectivity index (χ1v) is 11.0. The Hall–Kier alpha value is -1.18. The number of thioether (sulfide) groups is 1. The van der Waals surface area contributed by atoms with Gasteiger partial charge in [0.1, 0.15) is 4.32 Å². The lowest BCUT2D eigenvalue weighted by Gasteiger charge is -2.29. The van der Waals surface area contributed by atoms with E-state index in [1.54, 1.807) is 9.80 Å². The molecule has 26 heavy (non-hydrogen) atoms. The molecule has 0 atom stereocenters. The van der Waals surface area contributed by atoms with Crippen LogP contribution in [0, 0.1) is 0 Å². The fraction of sp³-hybridized carbons (Fsp3) is 0.421. The maximum absolute atomic E-state index is 13.2. The summed E-state index contributed by atoms with van der Waals surface area (Å²) in [6.07, 6.45) is 5.47. The van der Waals surface area contributed by atoms with Crippen LogP contribution in [0.2, 0.25) is 0 Å². The fourth-order valence-corrected chi connectivity index (χ4v) is 5.85. The summed E-state index contributed by atoms with van der Waals surface area (Å²) < 4.78 is 1.48. The molecule has 1 saturated carbocycles. The molecule has 0 radical (unpaired) electrons. The largest absolute Gasteiger partial charge is 0.308 e. The predicted molar refractivity (Wildman–Crippen MR) is 113 cm³/mol. The van der Waals surface area contributed by atoms with Gasteiger partial charge in [-0.05, 0) is 38.0 Å². The van der Waals surface area contributed by atoms with Crippen molar-refractivity contribution >= 4 is 67.3 Å². The van der Waals surface area contributed by atoms with E-state index in [1.165, 1.54) is 18.2 Å². The molecule has 2 aliphatic heterocycles. The number of carbonyl (C=O) groups is 2. The van der Waals surface area contributed by atoms with Gasteiger partial charge >= 0.3 is 0 Å². The molecule has 0 N–H and O–H groups in total. The van der Waals surface area contributed by atoms with Gasteiger partial charge < -0.3 is 4.90 Å². The number of thiocarbonyl (C=S) groups is 1. The Morgan fingerprint density at radius 2 is 1.92 bits per heavy atom. The number of rotatable bonds is 2. The molecule has 1 aromatic carbocycles. The highest BCUT2D eigenvalue weighted by molar-refractivity contribution is 9.10. The molecule has 1 aromatic rings. The minimum atomic E-state index is -0.107. The van der Waals surface area contributed by atoms with Gasteiger partial charge in [0.05, 0.1) is 16.2 Å². The van der Waals surface area contributed by atoms with Gasteiger partial charge in [-0.25, -0.2) is 0 Å². The monoisotopic (exact) mass is 450 g/mol. The highest BCUT2D eigenvalue weighted by Gasteiger charge is 2.43. The summed E-state index contributed by atoms with van der Waals surface area (Å²) in [5.41, 5.74) is 2.17.